The Labute approximate surface area is 121 Å². The number of carbonyl (C=O) groups is 1. The van der Waals surface area contributed by atoms with E-state index in [-0.39, 0.29) is 12.5 Å². The van der Waals surface area contributed by atoms with Crippen LogP contribution in [0, 0.1) is 6.92 Å². The molecular formula is C13H18BrNO2S. The first kappa shape index (κ1) is 15.5. The Morgan fingerprint density at radius 2 is 2.22 bits per heavy atom. The molecule has 0 bridgehead atoms. The molecule has 18 heavy (non-hydrogen) atoms. The number of likely N-dealkylation sites (N-methyl/N-ethyl adjacent to an activating group) is 1. The standard InChI is InChI=1S/C13H18BrNO2S/c1-3-15(6-7-16)13(17)9-18-12-5-4-11(14)8-10(12)2/h4-5,8,16H,3,6-7,9H2,1-2H3. The monoisotopic (exact) mass is 331 g/mol. The number of aryl methyl sites for hydroxylation is 1. The summed E-state index contributed by atoms with van der Waals surface area (Å²) in [5, 5.41) is 8.87. The van der Waals surface area contributed by atoms with Crippen LogP contribution in [0.2, 0.25) is 0 Å². The topological polar surface area (TPSA) is 40.5 Å². The Kier molecular flexibility index (Phi) is 6.75. The third kappa shape index (κ3) is 4.63. The molecule has 5 heteroatoms. The molecule has 1 amide bonds. The smallest absolute Gasteiger partial charge is 0.233 e. The van der Waals surface area contributed by atoms with Crippen molar-refractivity contribution in [3.05, 3.63) is 28.2 Å². The van der Waals surface area contributed by atoms with Gasteiger partial charge in [-0.2, -0.15) is 0 Å². The fourth-order valence-electron chi connectivity index (χ4n) is 1.59. The Bertz CT molecular complexity index is 412. The zero-order valence-corrected chi connectivity index (χ0v) is 13.1. The molecule has 0 aromatic heterocycles. The summed E-state index contributed by atoms with van der Waals surface area (Å²) in [7, 11) is 0. The lowest BCUT2D eigenvalue weighted by Gasteiger charge is -2.19. The third-order valence-corrected chi connectivity index (χ3v) is 4.25. The summed E-state index contributed by atoms with van der Waals surface area (Å²) in [4.78, 5) is 14.7. The maximum absolute atomic E-state index is 11.9. The summed E-state index contributed by atoms with van der Waals surface area (Å²) in [6.45, 7) is 5.02. The number of hydrogen-bond acceptors (Lipinski definition) is 3. The number of halogens is 1. The van der Waals surface area contributed by atoms with E-state index in [1.165, 1.54) is 11.8 Å². The Hall–Kier alpha value is -0.520. The van der Waals surface area contributed by atoms with E-state index in [9.17, 15) is 4.79 Å². The van der Waals surface area contributed by atoms with Gasteiger partial charge in [0.05, 0.1) is 12.4 Å². The van der Waals surface area contributed by atoms with Crippen molar-refractivity contribution >= 4 is 33.6 Å². The van der Waals surface area contributed by atoms with E-state index in [2.05, 4.69) is 15.9 Å². The van der Waals surface area contributed by atoms with Crippen molar-refractivity contribution in [2.24, 2.45) is 0 Å². The Morgan fingerprint density at radius 1 is 1.50 bits per heavy atom. The van der Waals surface area contributed by atoms with Crippen LogP contribution in [0.1, 0.15) is 12.5 Å². The number of nitrogens with zero attached hydrogens (tertiary/aromatic N) is 1. The molecule has 0 saturated heterocycles. The van der Waals surface area contributed by atoms with Crippen molar-refractivity contribution in [2.45, 2.75) is 18.7 Å². The lowest BCUT2D eigenvalue weighted by atomic mass is 10.2. The molecule has 3 nitrogen and oxygen atoms in total. The summed E-state index contributed by atoms with van der Waals surface area (Å²) in [6.07, 6.45) is 0. The van der Waals surface area contributed by atoms with Crippen LogP contribution in [-0.2, 0) is 4.79 Å². The Morgan fingerprint density at radius 3 is 2.78 bits per heavy atom. The maximum Gasteiger partial charge on any atom is 0.233 e. The van der Waals surface area contributed by atoms with Crippen LogP contribution < -0.4 is 0 Å². The van der Waals surface area contributed by atoms with Crippen molar-refractivity contribution in [1.29, 1.82) is 0 Å². The van der Waals surface area contributed by atoms with Crippen LogP contribution >= 0.6 is 27.7 Å². The zero-order chi connectivity index (χ0) is 13.5. The van der Waals surface area contributed by atoms with Gasteiger partial charge >= 0.3 is 0 Å². The number of rotatable bonds is 6. The summed E-state index contributed by atoms with van der Waals surface area (Å²) >= 11 is 4.96. The second-order valence-corrected chi connectivity index (χ2v) is 5.83. The summed E-state index contributed by atoms with van der Waals surface area (Å²) in [6, 6.07) is 6.03. The van der Waals surface area contributed by atoms with Crippen molar-refractivity contribution in [3.63, 3.8) is 0 Å². The minimum Gasteiger partial charge on any atom is -0.395 e. The molecule has 0 atom stereocenters. The number of aliphatic hydroxyl groups excluding tert-OH is 1. The third-order valence-electron chi connectivity index (χ3n) is 2.59. The highest BCUT2D eigenvalue weighted by Crippen LogP contribution is 2.25. The highest BCUT2D eigenvalue weighted by atomic mass is 79.9. The molecular weight excluding hydrogens is 314 g/mol. The van der Waals surface area contributed by atoms with Crippen LogP contribution in [0.4, 0.5) is 0 Å². The molecule has 0 heterocycles. The first-order chi connectivity index (χ1) is 8.58. The second kappa shape index (κ2) is 7.81. The minimum atomic E-state index is 0.0154. The molecule has 1 rings (SSSR count). The molecule has 0 fully saturated rings. The van der Waals surface area contributed by atoms with Gasteiger partial charge in [-0.05, 0) is 37.6 Å². The average Bonchev–Trinajstić information content (AvgIpc) is 2.34. The van der Waals surface area contributed by atoms with E-state index in [4.69, 9.17) is 5.11 Å². The zero-order valence-electron chi connectivity index (χ0n) is 10.6. The van der Waals surface area contributed by atoms with Gasteiger partial charge < -0.3 is 10.0 Å². The lowest BCUT2D eigenvalue weighted by Crippen LogP contribution is -2.34. The molecule has 1 aromatic carbocycles. The molecule has 100 valence electrons. The van der Waals surface area contributed by atoms with E-state index in [1.807, 2.05) is 32.0 Å². The summed E-state index contributed by atoms with van der Waals surface area (Å²) < 4.78 is 1.05. The number of hydrogen-bond donors (Lipinski definition) is 1. The van der Waals surface area contributed by atoms with E-state index in [1.54, 1.807) is 4.90 Å². The van der Waals surface area contributed by atoms with Crippen LogP contribution in [0.5, 0.6) is 0 Å². The predicted octanol–water partition coefficient (Wildman–Crippen LogP) is 2.69. The van der Waals surface area contributed by atoms with E-state index >= 15 is 0 Å². The van der Waals surface area contributed by atoms with Crippen LogP contribution in [0.15, 0.2) is 27.6 Å². The number of amides is 1. The van der Waals surface area contributed by atoms with Crippen LogP contribution in [0.3, 0.4) is 0 Å². The quantitative estimate of drug-likeness (QED) is 0.815. The lowest BCUT2D eigenvalue weighted by molar-refractivity contribution is -0.128. The molecule has 0 aliphatic carbocycles. The van der Waals surface area contributed by atoms with E-state index < -0.39 is 0 Å². The summed E-state index contributed by atoms with van der Waals surface area (Å²) in [5.74, 6) is 0.481. The van der Waals surface area contributed by atoms with Crippen molar-refractivity contribution in [3.8, 4) is 0 Å². The first-order valence-electron chi connectivity index (χ1n) is 5.86. The maximum atomic E-state index is 11.9. The van der Waals surface area contributed by atoms with Gasteiger partial charge in [0.2, 0.25) is 5.91 Å². The van der Waals surface area contributed by atoms with Gasteiger partial charge in [-0.1, -0.05) is 15.9 Å². The molecule has 0 spiro atoms. The number of aliphatic hydroxyl groups is 1. The van der Waals surface area contributed by atoms with Gasteiger partial charge in [-0.25, -0.2) is 0 Å². The van der Waals surface area contributed by atoms with Gasteiger partial charge in [-0.3, -0.25) is 4.79 Å². The average molecular weight is 332 g/mol. The van der Waals surface area contributed by atoms with Gasteiger partial charge in [0, 0.05) is 22.5 Å². The molecule has 0 aliphatic heterocycles. The normalized spacial score (nSPS) is 10.4. The number of benzene rings is 1. The molecule has 0 unspecified atom stereocenters. The van der Waals surface area contributed by atoms with Gasteiger partial charge in [0.25, 0.3) is 0 Å². The molecule has 0 aliphatic rings. The first-order valence-corrected chi connectivity index (χ1v) is 7.64. The fourth-order valence-corrected chi connectivity index (χ4v) is 2.97. The van der Waals surface area contributed by atoms with Crippen molar-refractivity contribution in [2.75, 3.05) is 25.4 Å². The highest BCUT2D eigenvalue weighted by molar-refractivity contribution is 9.10. The SMILES string of the molecule is CCN(CCO)C(=O)CSc1ccc(Br)cc1C. The number of carbonyl (C=O) groups excluding carboxylic acids is 1. The van der Waals surface area contributed by atoms with Gasteiger partial charge in [-0.15, -0.1) is 11.8 Å². The molecule has 0 radical (unpaired) electrons. The highest BCUT2D eigenvalue weighted by Gasteiger charge is 2.11. The van der Waals surface area contributed by atoms with E-state index in [0.29, 0.717) is 18.8 Å². The second-order valence-electron chi connectivity index (χ2n) is 3.90. The fraction of sp³-hybridized carbons (Fsp3) is 0.462. The largest absolute Gasteiger partial charge is 0.395 e. The molecule has 1 N–H and O–H groups in total. The number of thioether (sulfide) groups is 1. The molecule has 0 saturated carbocycles. The van der Waals surface area contributed by atoms with Crippen molar-refractivity contribution < 1.29 is 9.90 Å². The minimum absolute atomic E-state index is 0.0154. The Balaban J connectivity index is 2.56. The van der Waals surface area contributed by atoms with E-state index in [0.717, 1.165) is 14.9 Å². The molecule has 1 aromatic rings. The summed E-state index contributed by atoms with van der Waals surface area (Å²) in [5.41, 5.74) is 1.16. The predicted molar refractivity (Wildman–Crippen MR) is 78.9 cm³/mol. The van der Waals surface area contributed by atoms with Crippen molar-refractivity contribution in [1.82, 2.24) is 4.90 Å². The van der Waals surface area contributed by atoms with Gasteiger partial charge in [0.1, 0.15) is 0 Å². The van der Waals surface area contributed by atoms with Crippen LogP contribution in [-0.4, -0.2) is 41.4 Å². The van der Waals surface area contributed by atoms with Crippen LogP contribution in [0.25, 0.3) is 0 Å². The van der Waals surface area contributed by atoms with Gasteiger partial charge in [0.15, 0.2) is 0 Å².